The third kappa shape index (κ3) is 5.26. The van der Waals surface area contributed by atoms with E-state index in [4.69, 9.17) is 10.00 Å². The minimum absolute atomic E-state index is 0.102. The van der Waals surface area contributed by atoms with Crippen LogP contribution in [0.3, 0.4) is 0 Å². The van der Waals surface area contributed by atoms with Crippen LogP contribution in [0.2, 0.25) is 0 Å². The zero-order valence-corrected chi connectivity index (χ0v) is 10.2. The minimum atomic E-state index is -0.489. The topological polar surface area (TPSA) is 53.3 Å². The smallest absolute Gasteiger partial charge is 0.410 e. The van der Waals surface area contributed by atoms with Crippen molar-refractivity contribution >= 4 is 6.09 Å². The van der Waals surface area contributed by atoms with Crippen LogP contribution in [0.5, 0.6) is 0 Å². The van der Waals surface area contributed by atoms with Crippen molar-refractivity contribution in [1.82, 2.24) is 4.90 Å². The second-order valence-electron chi connectivity index (χ2n) is 4.48. The van der Waals surface area contributed by atoms with E-state index in [-0.39, 0.29) is 12.1 Å². The predicted molar refractivity (Wildman–Crippen MR) is 58.3 cm³/mol. The van der Waals surface area contributed by atoms with Crippen LogP contribution in [0.15, 0.2) is 0 Å². The molecule has 0 heterocycles. The first-order valence-electron chi connectivity index (χ1n) is 5.18. The fourth-order valence-corrected chi connectivity index (χ4v) is 1.18. The molecule has 0 aromatic heterocycles. The molecule has 0 aromatic carbocycles. The van der Waals surface area contributed by atoms with Crippen LogP contribution in [-0.4, -0.2) is 29.2 Å². The van der Waals surface area contributed by atoms with Crippen molar-refractivity contribution in [2.45, 2.75) is 52.7 Å². The first kappa shape index (κ1) is 13.8. The number of carbonyl (C=O) groups is 1. The summed E-state index contributed by atoms with van der Waals surface area (Å²) in [5.41, 5.74) is -0.489. The van der Waals surface area contributed by atoms with Gasteiger partial charge in [0.2, 0.25) is 0 Å². The summed E-state index contributed by atoms with van der Waals surface area (Å²) < 4.78 is 5.24. The van der Waals surface area contributed by atoms with Crippen molar-refractivity contribution in [1.29, 1.82) is 5.26 Å². The van der Waals surface area contributed by atoms with E-state index in [9.17, 15) is 4.79 Å². The fourth-order valence-electron chi connectivity index (χ4n) is 1.18. The standard InChI is InChI=1S/C11H20N2O2/c1-6-13(9(2)7-8-12)10(14)15-11(3,4)5/h9H,6-7H2,1-5H3. The molecule has 0 aliphatic heterocycles. The predicted octanol–water partition coefficient (Wildman–Crippen LogP) is 2.55. The van der Waals surface area contributed by atoms with Gasteiger partial charge in [0.1, 0.15) is 5.60 Å². The number of nitrogens with zero attached hydrogens (tertiary/aromatic N) is 2. The Morgan fingerprint density at radius 2 is 2.07 bits per heavy atom. The van der Waals surface area contributed by atoms with Gasteiger partial charge in [0, 0.05) is 12.6 Å². The second-order valence-corrected chi connectivity index (χ2v) is 4.48. The maximum atomic E-state index is 11.7. The van der Waals surface area contributed by atoms with E-state index in [1.807, 2.05) is 34.6 Å². The summed E-state index contributed by atoms with van der Waals surface area (Å²) in [6.45, 7) is 9.75. The monoisotopic (exact) mass is 212 g/mol. The quantitative estimate of drug-likeness (QED) is 0.722. The van der Waals surface area contributed by atoms with E-state index in [0.717, 1.165) is 0 Å². The number of hydrogen-bond donors (Lipinski definition) is 0. The largest absolute Gasteiger partial charge is 0.444 e. The number of amides is 1. The molecule has 0 N–H and O–H groups in total. The van der Waals surface area contributed by atoms with Crippen LogP contribution in [-0.2, 0) is 4.74 Å². The Hall–Kier alpha value is -1.24. The van der Waals surface area contributed by atoms with Crippen molar-refractivity contribution in [3.05, 3.63) is 0 Å². The highest BCUT2D eigenvalue weighted by Crippen LogP contribution is 2.12. The summed E-state index contributed by atoms with van der Waals surface area (Å²) in [6.07, 6.45) is -0.0275. The van der Waals surface area contributed by atoms with Gasteiger partial charge in [-0.2, -0.15) is 5.26 Å². The average Bonchev–Trinajstić information content (AvgIpc) is 2.02. The number of ether oxygens (including phenoxy) is 1. The molecular weight excluding hydrogens is 192 g/mol. The van der Waals surface area contributed by atoms with Gasteiger partial charge < -0.3 is 9.64 Å². The van der Waals surface area contributed by atoms with E-state index >= 15 is 0 Å². The Balaban J connectivity index is 4.42. The molecule has 1 atom stereocenters. The molecule has 1 unspecified atom stereocenters. The number of hydrogen-bond acceptors (Lipinski definition) is 3. The first-order valence-corrected chi connectivity index (χ1v) is 5.18. The van der Waals surface area contributed by atoms with Crippen molar-refractivity contribution in [2.75, 3.05) is 6.54 Å². The first-order chi connectivity index (χ1) is 6.81. The van der Waals surface area contributed by atoms with Gasteiger partial charge in [-0.3, -0.25) is 0 Å². The fraction of sp³-hybridized carbons (Fsp3) is 0.818. The Bertz CT molecular complexity index is 250. The Kier molecular flexibility index (Phi) is 5.13. The molecule has 0 saturated heterocycles. The summed E-state index contributed by atoms with van der Waals surface area (Å²) in [4.78, 5) is 13.3. The molecule has 1 amide bonds. The summed E-state index contributed by atoms with van der Waals surface area (Å²) in [6, 6.07) is 1.95. The Labute approximate surface area is 91.8 Å². The summed E-state index contributed by atoms with van der Waals surface area (Å²) in [7, 11) is 0. The molecule has 0 bridgehead atoms. The molecule has 0 rings (SSSR count). The van der Waals surface area contributed by atoms with Crippen molar-refractivity contribution in [3.63, 3.8) is 0 Å². The van der Waals surface area contributed by atoms with Gasteiger partial charge in [-0.15, -0.1) is 0 Å². The van der Waals surface area contributed by atoms with E-state index in [1.165, 1.54) is 0 Å². The number of nitriles is 1. The lowest BCUT2D eigenvalue weighted by Crippen LogP contribution is -2.41. The normalized spacial score (nSPS) is 12.8. The van der Waals surface area contributed by atoms with Gasteiger partial charge in [0.05, 0.1) is 12.5 Å². The molecule has 15 heavy (non-hydrogen) atoms. The van der Waals surface area contributed by atoms with Gasteiger partial charge in [-0.05, 0) is 34.6 Å². The van der Waals surface area contributed by atoms with Crippen molar-refractivity contribution < 1.29 is 9.53 Å². The van der Waals surface area contributed by atoms with Gasteiger partial charge in [-0.25, -0.2) is 4.79 Å². The summed E-state index contributed by atoms with van der Waals surface area (Å²) in [5.74, 6) is 0. The Morgan fingerprint density at radius 1 is 1.53 bits per heavy atom. The highest BCUT2D eigenvalue weighted by Gasteiger charge is 2.24. The lowest BCUT2D eigenvalue weighted by atomic mass is 10.2. The lowest BCUT2D eigenvalue weighted by molar-refractivity contribution is 0.0192. The average molecular weight is 212 g/mol. The highest BCUT2D eigenvalue weighted by molar-refractivity contribution is 5.68. The molecule has 0 radical (unpaired) electrons. The third-order valence-corrected chi connectivity index (χ3v) is 1.89. The molecule has 86 valence electrons. The highest BCUT2D eigenvalue weighted by atomic mass is 16.6. The number of rotatable bonds is 3. The maximum Gasteiger partial charge on any atom is 0.410 e. The van der Waals surface area contributed by atoms with E-state index in [2.05, 4.69) is 6.07 Å². The molecule has 0 aromatic rings. The summed E-state index contributed by atoms with van der Waals surface area (Å²) in [5, 5.41) is 8.57. The molecule has 0 spiro atoms. The molecular formula is C11H20N2O2. The van der Waals surface area contributed by atoms with Gasteiger partial charge >= 0.3 is 6.09 Å². The molecule has 0 aliphatic carbocycles. The van der Waals surface area contributed by atoms with Crippen molar-refractivity contribution in [3.8, 4) is 6.07 Å². The van der Waals surface area contributed by atoms with Crippen molar-refractivity contribution in [2.24, 2.45) is 0 Å². The SMILES string of the molecule is CCN(C(=O)OC(C)(C)C)C(C)CC#N. The van der Waals surface area contributed by atoms with Gasteiger partial charge in [0.15, 0.2) is 0 Å². The van der Waals surface area contributed by atoms with Crippen LogP contribution < -0.4 is 0 Å². The van der Waals surface area contributed by atoms with Crippen LogP contribution in [0.1, 0.15) is 41.0 Å². The van der Waals surface area contributed by atoms with Crippen LogP contribution in [0.25, 0.3) is 0 Å². The maximum absolute atomic E-state index is 11.7. The van der Waals surface area contributed by atoms with E-state index in [0.29, 0.717) is 13.0 Å². The van der Waals surface area contributed by atoms with Crippen LogP contribution in [0, 0.1) is 11.3 Å². The molecule has 0 fully saturated rings. The molecule has 4 nitrogen and oxygen atoms in total. The molecule has 4 heteroatoms. The van der Waals surface area contributed by atoms with Crippen LogP contribution in [0.4, 0.5) is 4.79 Å². The van der Waals surface area contributed by atoms with E-state index in [1.54, 1.807) is 4.90 Å². The molecule has 0 aliphatic rings. The second kappa shape index (κ2) is 5.59. The third-order valence-electron chi connectivity index (χ3n) is 1.89. The Morgan fingerprint density at radius 3 is 2.40 bits per heavy atom. The number of carbonyl (C=O) groups excluding carboxylic acids is 1. The minimum Gasteiger partial charge on any atom is -0.444 e. The zero-order valence-electron chi connectivity index (χ0n) is 10.2. The zero-order chi connectivity index (χ0) is 12.1. The van der Waals surface area contributed by atoms with E-state index < -0.39 is 5.60 Å². The molecule has 0 saturated carbocycles. The summed E-state index contributed by atoms with van der Waals surface area (Å²) >= 11 is 0. The van der Waals surface area contributed by atoms with Crippen LogP contribution >= 0.6 is 0 Å². The lowest BCUT2D eigenvalue weighted by Gasteiger charge is -2.29. The van der Waals surface area contributed by atoms with Gasteiger partial charge in [-0.1, -0.05) is 0 Å². The van der Waals surface area contributed by atoms with Gasteiger partial charge in [0.25, 0.3) is 0 Å².